The molecular formula is C14H21F2IN4O. The largest absolute Gasteiger partial charge is 0.356 e. The lowest BCUT2D eigenvalue weighted by atomic mass is 10.1. The number of nitrogens with zero attached hydrogens (tertiary/aromatic N) is 1. The highest BCUT2D eigenvalue weighted by atomic mass is 127. The van der Waals surface area contributed by atoms with E-state index in [1.54, 1.807) is 19.2 Å². The Kier molecular flexibility index (Phi) is 10.4. The molecule has 0 saturated carbocycles. The van der Waals surface area contributed by atoms with Crippen LogP contribution in [0.2, 0.25) is 0 Å². The maximum atomic E-state index is 12.1. The number of guanidine groups is 1. The summed E-state index contributed by atoms with van der Waals surface area (Å²) >= 11 is 0. The summed E-state index contributed by atoms with van der Waals surface area (Å²) in [6.07, 6.45) is -1.77. The van der Waals surface area contributed by atoms with Crippen molar-refractivity contribution in [2.24, 2.45) is 4.99 Å². The number of alkyl halides is 2. The Balaban J connectivity index is 0.00000441. The number of hydrogen-bond acceptors (Lipinski definition) is 2. The molecule has 8 heteroatoms. The van der Waals surface area contributed by atoms with E-state index in [0.29, 0.717) is 24.5 Å². The van der Waals surface area contributed by atoms with Gasteiger partial charge >= 0.3 is 0 Å². The van der Waals surface area contributed by atoms with Gasteiger partial charge in [0.1, 0.15) is 0 Å². The number of benzene rings is 1. The zero-order chi connectivity index (χ0) is 15.7. The third kappa shape index (κ3) is 7.53. The number of amides is 1. The Hall–Kier alpha value is -1.45. The molecule has 1 aromatic rings. The van der Waals surface area contributed by atoms with Gasteiger partial charge in [0.15, 0.2) is 5.96 Å². The number of nitrogens with one attached hydrogen (secondary N) is 3. The third-order valence-electron chi connectivity index (χ3n) is 2.77. The molecule has 0 atom stereocenters. The van der Waals surface area contributed by atoms with Gasteiger partial charge in [-0.2, -0.15) is 0 Å². The Morgan fingerprint density at radius 1 is 1.32 bits per heavy atom. The van der Waals surface area contributed by atoms with E-state index in [4.69, 9.17) is 0 Å². The van der Waals surface area contributed by atoms with Gasteiger partial charge in [-0.3, -0.25) is 9.79 Å². The van der Waals surface area contributed by atoms with Crippen molar-refractivity contribution < 1.29 is 13.6 Å². The molecule has 1 rings (SSSR count). The highest BCUT2D eigenvalue weighted by molar-refractivity contribution is 14.0. The van der Waals surface area contributed by atoms with Crippen LogP contribution in [0.1, 0.15) is 15.9 Å². The van der Waals surface area contributed by atoms with Crippen molar-refractivity contribution >= 4 is 35.8 Å². The standard InChI is InChI=1S/C14H20F2N4O.HI/c1-17-13(21)11-5-3-4-10(8-11)6-7-19-14(18-2)20-9-12(15)16;/h3-5,8,12H,6-7,9H2,1-2H3,(H,17,21)(H2,18,19,20);1H. The highest BCUT2D eigenvalue weighted by Crippen LogP contribution is 2.05. The zero-order valence-corrected chi connectivity index (χ0v) is 14.9. The van der Waals surface area contributed by atoms with Gasteiger partial charge in [0.25, 0.3) is 12.3 Å². The lowest BCUT2D eigenvalue weighted by molar-refractivity contribution is 0.0963. The molecule has 0 saturated heterocycles. The first-order valence-electron chi connectivity index (χ1n) is 6.60. The first-order valence-corrected chi connectivity index (χ1v) is 6.60. The molecule has 0 radical (unpaired) electrons. The number of rotatable bonds is 6. The van der Waals surface area contributed by atoms with Crippen LogP contribution < -0.4 is 16.0 Å². The summed E-state index contributed by atoms with van der Waals surface area (Å²) in [5, 5.41) is 8.02. The third-order valence-corrected chi connectivity index (χ3v) is 2.77. The predicted octanol–water partition coefficient (Wildman–Crippen LogP) is 1.64. The molecule has 1 aromatic carbocycles. The van der Waals surface area contributed by atoms with E-state index in [0.717, 1.165) is 5.56 Å². The molecule has 0 spiro atoms. The van der Waals surface area contributed by atoms with Crippen molar-refractivity contribution in [3.05, 3.63) is 35.4 Å². The molecule has 0 aromatic heterocycles. The van der Waals surface area contributed by atoms with Gasteiger partial charge in [-0.1, -0.05) is 12.1 Å². The topological polar surface area (TPSA) is 65.5 Å². The minimum atomic E-state index is -2.42. The second-order valence-corrected chi connectivity index (χ2v) is 4.30. The van der Waals surface area contributed by atoms with E-state index in [1.807, 2.05) is 12.1 Å². The monoisotopic (exact) mass is 426 g/mol. The summed E-state index contributed by atoms with van der Waals surface area (Å²) in [5.74, 6) is 0.192. The molecule has 3 N–H and O–H groups in total. The van der Waals surface area contributed by atoms with E-state index >= 15 is 0 Å². The van der Waals surface area contributed by atoms with Crippen LogP contribution in [0.5, 0.6) is 0 Å². The predicted molar refractivity (Wildman–Crippen MR) is 94.3 cm³/mol. The van der Waals surface area contributed by atoms with E-state index in [-0.39, 0.29) is 29.9 Å². The van der Waals surface area contributed by atoms with Gasteiger partial charge in [-0.25, -0.2) is 8.78 Å². The van der Waals surface area contributed by atoms with Crippen molar-refractivity contribution in [1.29, 1.82) is 0 Å². The SMILES string of the molecule is CN=C(NCCc1cccc(C(=O)NC)c1)NCC(F)F.I. The van der Waals surface area contributed by atoms with Crippen LogP contribution in [-0.2, 0) is 6.42 Å². The van der Waals surface area contributed by atoms with E-state index in [9.17, 15) is 13.6 Å². The maximum absolute atomic E-state index is 12.1. The fraction of sp³-hybridized carbons (Fsp3) is 0.429. The molecule has 124 valence electrons. The molecule has 0 aliphatic rings. The van der Waals surface area contributed by atoms with Gasteiger partial charge in [-0.05, 0) is 24.1 Å². The minimum absolute atomic E-state index is 0. The molecule has 5 nitrogen and oxygen atoms in total. The van der Waals surface area contributed by atoms with Crippen molar-refractivity contribution in [3.63, 3.8) is 0 Å². The lowest BCUT2D eigenvalue weighted by Crippen LogP contribution is -2.40. The van der Waals surface area contributed by atoms with Crippen molar-refractivity contribution in [3.8, 4) is 0 Å². The normalized spacial score (nSPS) is 10.9. The summed E-state index contributed by atoms with van der Waals surface area (Å²) < 4.78 is 24.2. The molecule has 0 bridgehead atoms. The van der Waals surface area contributed by atoms with Crippen molar-refractivity contribution in [2.45, 2.75) is 12.8 Å². The smallest absolute Gasteiger partial charge is 0.255 e. The highest BCUT2D eigenvalue weighted by Gasteiger charge is 2.05. The van der Waals surface area contributed by atoms with E-state index in [2.05, 4.69) is 20.9 Å². The first-order chi connectivity index (χ1) is 10.1. The first kappa shape index (κ1) is 20.6. The van der Waals surface area contributed by atoms with Crippen LogP contribution in [-0.4, -0.2) is 45.5 Å². The molecule has 0 heterocycles. The number of carbonyl (C=O) groups is 1. The average molecular weight is 426 g/mol. The molecule has 22 heavy (non-hydrogen) atoms. The minimum Gasteiger partial charge on any atom is -0.356 e. The van der Waals surface area contributed by atoms with E-state index < -0.39 is 13.0 Å². The fourth-order valence-electron chi connectivity index (χ4n) is 1.73. The Morgan fingerprint density at radius 2 is 2.05 bits per heavy atom. The maximum Gasteiger partial charge on any atom is 0.255 e. The van der Waals surface area contributed by atoms with Crippen molar-refractivity contribution in [1.82, 2.24) is 16.0 Å². The average Bonchev–Trinajstić information content (AvgIpc) is 2.49. The Bertz CT molecular complexity index is 497. The Labute approximate surface area is 146 Å². The summed E-state index contributed by atoms with van der Waals surface area (Å²) in [5.41, 5.74) is 1.57. The zero-order valence-electron chi connectivity index (χ0n) is 12.5. The number of carbonyl (C=O) groups excluding carboxylic acids is 1. The van der Waals surface area contributed by atoms with Crippen LogP contribution in [0, 0.1) is 0 Å². The summed E-state index contributed by atoms with van der Waals surface area (Å²) in [4.78, 5) is 15.4. The second-order valence-electron chi connectivity index (χ2n) is 4.30. The molecule has 0 aliphatic heterocycles. The summed E-state index contributed by atoms with van der Waals surface area (Å²) in [6, 6.07) is 7.25. The summed E-state index contributed by atoms with van der Waals surface area (Å²) in [7, 11) is 3.10. The number of hydrogen-bond donors (Lipinski definition) is 3. The quantitative estimate of drug-likeness (QED) is 0.368. The molecule has 0 unspecified atom stereocenters. The van der Waals surface area contributed by atoms with Gasteiger partial charge in [0.2, 0.25) is 0 Å². The lowest BCUT2D eigenvalue weighted by Gasteiger charge is -2.11. The molecule has 0 fully saturated rings. The van der Waals surface area contributed by atoms with Crippen LogP contribution in [0.25, 0.3) is 0 Å². The van der Waals surface area contributed by atoms with Gasteiger partial charge in [0, 0.05) is 26.2 Å². The molecular weight excluding hydrogens is 405 g/mol. The summed E-state index contributed by atoms with van der Waals surface area (Å²) in [6.45, 7) is 0.0892. The Morgan fingerprint density at radius 3 is 2.64 bits per heavy atom. The van der Waals surface area contributed by atoms with Gasteiger partial charge in [0.05, 0.1) is 6.54 Å². The molecule has 0 aliphatic carbocycles. The number of halogens is 3. The van der Waals surface area contributed by atoms with E-state index in [1.165, 1.54) is 7.05 Å². The van der Waals surface area contributed by atoms with Crippen LogP contribution >= 0.6 is 24.0 Å². The van der Waals surface area contributed by atoms with Crippen molar-refractivity contribution in [2.75, 3.05) is 27.2 Å². The molecule has 1 amide bonds. The van der Waals surface area contributed by atoms with Crippen LogP contribution in [0.4, 0.5) is 8.78 Å². The van der Waals surface area contributed by atoms with Crippen LogP contribution in [0.3, 0.4) is 0 Å². The fourth-order valence-corrected chi connectivity index (χ4v) is 1.73. The van der Waals surface area contributed by atoms with Gasteiger partial charge in [-0.15, -0.1) is 24.0 Å². The second kappa shape index (κ2) is 11.2. The number of aliphatic imine (C=N–C) groups is 1. The van der Waals surface area contributed by atoms with Crippen LogP contribution in [0.15, 0.2) is 29.3 Å². The van der Waals surface area contributed by atoms with Gasteiger partial charge < -0.3 is 16.0 Å².